The highest BCUT2D eigenvalue weighted by Crippen LogP contribution is 2.29. The minimum absolute atomic E-state index is 0.0106. The van der Waals surface area contributed by atoms with Crippen molar-refractivity contribution in [2.75, 3.05) is 6.61 Å². The van der Waals surface area contributed by atoms with Gasteiger partial charge in [0.25, 0.3) is 0 Å². The third-order valence-corrected chi connectivity index (χ3v) is 2.49. The van der Waals surface area contributed by atoms with E-state index in [1.54, 1.807) is 19.1 Å². The number of fused-ring (bicyclic) bond motifs is 1. The molecule has 2 aromatic rings. The Bertz CT molecular complexity index is 508. The Morgan fingerprint density at radius 3 is 2.94 bits per heavy atom. The summed E-state index contributed by atoms with van der Waals surface area (Å²) in [6.07, 6.45) is 0. The normalized spacial score (nSPS) is 10.6. The molecule has 0 saturated carbocycles. The summed E-state index contributed by atoms with van der Waals surface area (Å²) in [5, 5.41) is 10.4. The van der Waals surface area contributed by atoms with Gasteiger partial charge in [-0.1, -0.05) is 11.6 Å². The van der Waals surface area contributed by atoms with Gasteiger partial charge in [0.15, 0.2) is 0 Å². The lowest BCUT2D eigenvalue weighted by atomic mass is 10.2. The Kier molecular flexibility index (Phi) is 2.75. The fourth-order valence-corrected chi connectivity index (χ4v) is 1.62. The average molecular weight is 240 g/mol. The van der Waals surface area contributed by atoms with Crippen LogP contribution in [0.5, 0.6) is 5.75 Å². The number of aromatic hydroxyl groups is 1. The maximum atomic E-state index is 11.4. The number of rotatable bonds is 2. The largest absolute Gasteiger partial charge is 0.506 e. The second-order valence-electron chi connectivity index (χ2n) is 3.29. The monoisotopic (exact) mass is 239 g/mol. The number of phenolic OH excluding ortho intramolecular Hbond substituents is 1. The first-order valence-corrected chi connectivity index (χ1v) is 5.18. The van der Waals surface area contributed by atoms with E-state index in [0.29, 0.717) is 23.2 Å². The van der Waals surface area contributed by atoms with Crippen LogP contribution >= 0.6 is 11.6 Å². The van der Waals surface area contributed by atoms with Crippen LogP contribution in [0.3, 0.4) is 0 Å². The maximum Gasteiger partial charge on any atom is 0.354 e. The highest BCUT2D eigenvalue weighted by atomic mass is 35.5. The smallest absolute Gasteiger partial charge is 0.354 e. The fraction of sp³-hybridized carbons (Fsp3) is 0.182. The number of hydrogen-bond acceptors (Lipinski definition) is 3. The molecule has 0 amide bonds. The van der Waals surface area contributed by atoms with Gasteiger partial charge in [-0.25, -0.2) is 4.79 Å². The molecule has 0 fully saturated rings. The maximum absolute atomic E-state index is 11.4. The summed E-state index contributed by atoms with van der Waals surface area (Å²) in [5.74, 6) is -0.433. The van der Waals surface area contributed by atoms with Crippen LogP contribution in [0.1, 0.15) is 17.4 Å². The van der Waals surface area contributed by atoms with Gasteiger partial charge in [-0.2, -0.15) is 0 Å². The van der Waals surface area contributed by atoms with Crippen LogP contribution in [0.2, 0.25) is 5.02 Å². The lowest BCUT2D eigenvalue weighted by Crippen LogP contribution is -2.04. The van der Waals surface area contributed by atoms with Gasteiger partial charge in [-0.05, 0) is 25.1 Å². The van der Waals surface area contributed by atoms with E-state index in [0.717, 1.165) is 0 Å². The van der Waals surface area contributed by atoms with Crippen molar-refractivity contribution in [1.82, 2.24) is 4.98 Å². The molecule has 1 heterocycles. The topological polar surface area (TPSA) is 62.3 Å². The number of phenols is 1. The lowest BCUT2D eigenvalue weighted by Gasteiger charge is -1.96. The summed E-state index contributed by atoms with van der Waals surface area (Å²) in [6.45, 7) is 2.06. The van der Waals surface area contributed by atoms with E-state index in [2.05, 4.69) is 4.98 Å². The molecule has 1 aromatic carbocycles. The van der Waals surface area contributed by atoms with Crippen molar-refractivity contribution in [1.29, 1.82) is 0 Å². The predicted octanol–water partition coefficient (Wildman–Crippen LogP) is 2.70. The number of halogens is 1. The number of aromatic amines is 1. The number of esters is 1. The van der Waals surface area contributed by atoms with Crippen LogP contribution in [-0.4, -0.2) is 22.7 Å². The number of hydrogen-bond donors (Lipinski definition) is 2. The highest BCUT2D eigenvalue weighted by Gasteiger charge is 2.11. The van der Waals surface area contributed by atoms with Crippen molar-refractivity contribution < 1.29 is 14.6 Å². The van der Waals surface area contributed by atoms with E-state index in [1.165, 1.54) is 6.07 Å². The van der Waals surface area contributed by atoms with Gasteiger partial charge >= 0.3 is 5.97 Å². The van der Waals surface area contributed by atoms with Gasteiger partial charge in [0.2, 0.25) is 0 Å². The summed E-state index contributed by atoms with van der Waals surface area (Å²) in [7, 11) is 0. The molecule has 0 aliphatic heterocycles. The molecule has 2 rings (SSSR count). The molecule has 0 aliphatic rings. The van der Waals surface area contributed by atoms with E-state index >= 15 is 0 Å². The molecule has 0 aliphatic carbocycles. The Hall–Kier alpha value is -1.68. The van der Waals surface area contributed by atoms with Crippen molar-refractivity contribution >= 4 is 28.5 Å². The molecule has 5 heteroatoms. The fourth-order valence-electron chi connectivity index (χ4n) is 1.46. The first-order chi connectivity index (χ1) is 7.61. The van der Waals surface area contributed by atoms with Crippen LogP contribution < -0.4 is 0 Å². The minimum atomic E-state index is -0.422. The third kappa shape index (κ3) is 1.84. The molecule has 16 heavy (non-hydrogen) atoms. The van der Waals surface area contributed by atoms with Crippen molar-refractivity contribution in [3.05, 3.63) is 28.9 Å². The number of carbonyl (C=O) groups is 1. The number of benzene rings is 1. The van der Waals surface area contributed by atoms with E-state index in [9.17, 15) is 9.90 Å². The SMILES string of the molecule is CCOC(=O)c1cc2cc(O)c(Cl)cc2[nH]1. The molecule has 0 unspecified atom stereocenters. The van der Waals surface area contributed by atoms with Crippen molar-refractivity contribution in [2.24, 2.45) is 0 Å². The molecular formula is C11H10ClNO3. The molecule has 0 radical (unpaired) electrons. The van der Waals surface area contributed by atoms with Gasteiger partial charge in [0, 0.05) is 10.9 Å². The van der Waals surface area contributed by atoms with Gasteiger partial charge in [0.1, 0.15) is 11.4 Å². The quantitative estimate of drug-likeness (QED) is 0.792. The third-order valence-electron chi connectivity index (χ3n) is 2.18. The predicted molar refractivity (Wildman–Crippen MR) is 60.9 cm³/mol. The minimum Gasteiger partial charge on any atom is -0.506 e. The Labute approximate surface area is 96.8 Å². The Balaban J connectivity index is 2.48. The summed E-state index contributed by atoms with van der Waals surface area (Å²) < 4.78 is 4.85. The van der Waals surface area contributed by atoms with E-state index in [-0.39, 0.29) is 10.8 Å². The van der Waals surface area contributed by atoms with Gasteiger partial charge in [-0.15, -0.1) is 0 Å². The molecule has 1 aromatic heterocycles. The first-order valence-electron chi connectivity index (χ1n) is 4.80. The van der Waals surface area contributed by atoms with Crippen LogP contribution in [0.25, 0.3) is 10.9 Å². The van der Waals surface area contributed by atoms with Gasteiger partial charge in [-0.3, -0.25) is 0 Å². The second-order valence-corrected chi connectivity index (χ2v) is 3.70. The summed E-state index contributed by atoms with van der Waals surface area (Å²) in [4.78, 5) is 14.3. The molecule has 0 spiro atoms. The van der Waals surface area contributed by atoms with E-state index < -0.39 is 5.97 Å². The number of aromatic nitrogens is 1. The number of carbonyl (C=O) groups excluding carboxylic acids is 1. The van der Waals surface area contributed by atoms with Crippen molar-refractivity contribution in [3.63, 3.8) is 0 Å². The zero-order valence-electron chi connectivity index (χ0n) is 8.58. The number of H-pyrrole nitrogens is 1. The molecule has 0 bridgehead atoms. The molecule has 84 valence electrons. The molecule has 0 saturated heterocycles. The van der Waals surface area contributed by atoms with Gasteiger partial charge in [0.05, 0.1) is 11.6 Å². The van der Waals surface area contributed by atoms with Crippen LogP contribution in [0.15, 0.2) is 18.2 Å². The summed E-state index contributed by atoms with van der Waals surface area (Å²) in [6, 6.07) is 4.68. The molecule has 4 nitrogen and oxygen atoms in total. The number of nitrogens with one attached hydrogen (secondary N) is 1. The standard InChI is InChI=1S/C11H10ClNO3/c1-2-16-11(15)9-3-6-4-10(14)7(12)5-8(6)13-9/h3-5,13-14H,2H2,1H3. The first kappa shape index (κ1) is 10.8. The Morgan fingerprint density at radius 1 is 1.50 bits per heavy atom. The van der Waals surface area contributed by atoms with E-state index in [4.69, 9.17) is 16.3 Å². The van der Waals surface area contributed by atoms with Crippen molar-refractivity contribution in [3.8, 4) is 5.75 Å². The highest BCUT2D eigenvalue weighted by molar-refractivity contribution is 6.32. The zero-order valence-corrected chi connectivity index (χ0v) is 9.34. The summed E-state index contributed by atoms with van der Waals surface area (Å²) >= 11 is 5.75. The Morgan fingerprint density at radius 2 is 2.25 bits per heavy atom. The van der Waals surface area contributed by atoms with Gasteiger partial charge < -0.3 is 14.8 Å². The zero-order chi connectivity index (χ0) is 11.7. The van der Waals surface area contributed by atoms with E-state index in [1.807, 2.05) is 0 Å². The number of ether oxygens (including phenoxy) is 1. The van der Waals surface area contributed by atoms with Crippen LogP contribution in [0.4, 0.5) is 0 Å². The molecular weight excluding hydrogens is 230 g/mol. The molecule has 2 N–H and O–H groups in total. The summed E-state index contributed by atoms with van der Waals surface area (Å²) in [5.41, 5.74) is 1.03. The average Bonchev–Trinajstić information content (AvgIpc) is 2.62. The van der Waals surface area contributed by atoms with Crippen LogP contribution in [0, 0.1) is 0 Å². The second kappa shape index (κ2) is 4.06. The van der Waals surface area contributed by atoms with Crippen molar-refractivity contribution in [2.45, 2.75) is 6.92 Å². The molecule has 0 atom stereocenters. The van der Waals surface area contributed by atoms with Crippen LogP contribution in [-0.2, 0) is 4.74 Å². The lowest BCUT2D eigenvalue weighted by molar-refractivity contribution is 0.0520.